The van der Waals surface area contributed by atoms with Gasteiger partial charge in [0.05, 0.1) is 30.6 Å². The minimum Gasteiger partial charge on any atom is -0.469 e. The van der Waals surface area contributed by atoms with Crippen LogP contribution < -0.4 is 4.90 Å². The van der Waals surface area contributed by atoms with Gasteiger partial charge in [-0.2, -0.15) is 11.8 Å². The van der Waals surface area contributed by atoms with Gasteiger partial charge in [-0.05, 0) is 31.4 Å². The van der Waals surface area contributed by atoms with Gasteiger partial charge in [-0.3, -0.25) is 19.3 Å². The third kappa shape index (κ3) is 2.42. The van der Waals surface area contributed by atoms with E-state index in [4.69, 9.17) is 4.74 Å². The zero-order valence-corrected chi connectivity index (χ0v) is 15.9. The van der Waals surface area contributed by atoms with E-state index in [0.29, 0.717) is 16.2 Å². The monoisotopic (exact) mass is 383 g/mol. The van der Waals surface area contributed by atoms with Gasteiger partial charge in [-0.15, -0.1) is 0 Å². The van der Waals surface area contributed by atoms with E-state index in [1.54, 1.807) is 12.1 Å². The van der Waals surface area contributed by atoms with Gasteiger partial charge in [0.25, 0.3) is 0 Å². The van der Waals surface area contributed by atoms with Crippen molar-refractivity contribution in [2.75, 3.05) is 12.0 Å². The molecule has 3 fully saturated rings. The fourth-order valence-electron chi connectivity index (χ4n) is 5.41. The van der Waals surface area contributed by atoms with E-state index in [2.05, 4.69) is 0 Å². The van der Waals surface area contributed by atoms with Gasteiger partial charge in [0.1, 0.15) is 0 Å². The number of rotatable bonds is 2. The SMILES string of the molecule is COC(=O)[C@@H]1C=C2C[C@H]3CC[C@H](S3)[C@@H]2[C@H]2C(=O)N(c3ccccc3)C(=O)[C@H]21. The number of methoxy groups -OCH3 is 1. The minimum atomic E-state index is -0.668. The molecule has 6 heteroatoms. The van der Waals surface area contributed by atoms with Crippen LogP contribution in [-0.4, -0.2) is 35.4 Å². The summed E-state index contributed by atoms with van der Waals surface area (Å²) in [6.45, 7) is 0. The van der Waals surface area contributed by atoms with Crippen LogP contribution >= 0.6 is 11.8 Å². The maximum Gasteiger partial charge on any atom is 0.313 e. The molecule has 4 aliphatic rings. The number of thioether (sulfide) groups is 1. The van der Waals surface area contributed by atoms with Crippen LogP contribution in [0.1, 0.15) is 19.3 Å². The highest BCUT2D eigenvalue weighted by atomic mass is 32.2. The third-order valence-electron chi connectivity index (χ3n) is 6.49. The molecule has 0 spiro atoms. The van der Waals surface area contributed by atoms with Gasteiger partial charge < -0.3 is 4.74 Å². The average molecular weight is 383 g/mol. The van der Waals surface area contributed by atoms with E-state index < -0.39 is 23.7 Å². The minimum absolute atomic E-state index is 0.0600. The number of benzene rings is 1. The Kier molecular flexibility index (Phi) is 3.93. The number of hydrogen-bond acceptors (Lipinski definition) is 5. The number of esters is 1. The molecule has 1 aromatic carbocycles. The topological polar surface area (TPSA) is 63.7 Å². The number of anilines is 1. The molecule has 3 saturated heterocycles. The summed E-state index contributed by atoms with van der Waals surface area (Å²) in [4.78, 5) is 40.6. The Bertz CT molecular complexity index is 851. The van der Waals surface area contributed by atoms with Gasteiger partial charge in [0.15, 0.2) is 0 Å². The van der Waals surface area contributed by atoms with Crippen LogP contribution in [0.2, 0.25) is 0 Å². The highest BCUT2D eigenvalue weighted by Gasteiger charge is 2.61. The molecule has 0 saturated carbocycles. The Morgan fingerprint density at radius 2 is 1.81 bits per heavy atom. The van der Waals surface area contributed by atoms with Crippen LogP contribution in [0, 0.1) is 23.7 Å². The summed E-state index contributed by atoms with van der Waals surface area (Å²) in [5.41, 5.74) is 1.77. The van der Waals surface area contributed by atoms with Crippen LogP contribution in [0.4, 0.5) is 5.69 Å². The summed E-state index contributed by atoms with van der Waals surface area (Å²) in [6.07, 6.45) is 5.10. The molecule has 2 amide bonds. The van der Waals surface area contributed by atoms with Crippen molar-refractivity contribution in [2.24, 2.45) is 23.7 Å². The Balaban J connectivity index is 1.62. The smallest absolute Gasteiger partial charge is 0.313 e. The molecule has 0 radical (unpaired) electrons. The van der Waals surface area contributed by atoms with Gasteiger partial charge in [0.2, 0.25) is 11.8 Å². The molecule has 27 heavy (non-hydrogen) atoms. The lowest BCUT2D eigenvalue weighted by molar-refractivity contribution is -0.148. The van der Waals surface area contributed by atoms with Crippen LogP contribution in [0.3, 0.4) is 0 Å². The molecule has 1 aromatic rings. The van der Waals surface area contributed by atoms with Crippen molar-refractivity contribution in [2.45, 2.75) is 29.8 Å². The number of fused-ring (bicyclic) bond motifs is 6. The molecule has 0 aromatic heterocycles. The van der Waals surface area contributed by atoms with Crippen molar-refractivity contribution in [1.29, 1.82) is 0 Å². The lowest BCUT2D eigenvalue weighted by atomic mass is 9.66. The van der Waals surface area contributed by atoms with Gasteiger partial charge in [-0.25, -0.2) is 0 Å². The van der Waals surface area contributed by atoms with Crippen LogP contribution in [0.25, 0.3) is 0 Å². The van der Waals surface area contributed by atoms with Crippen molar-refractivity contribution in [1.82, 2.24) is 0 Å². The second kappa shape index (κ2) is 6.23. The third-order valence-corrected chi connectivity index (χ3v) is 8.15. The largest absolute Gasteiger partial charge is 0.469 e. The van der Waals surface area contributed by atoms with Crippen LogP contribution in [0.5, 0.6) is 0 Å². The Hall–Kier alpha value is -2.08. The highest BCUT2D eigenvalue weighted by Crippen LogP contribution is 2.57. The number of imide groups is 1. The summed E-state index contributed by atoms with van der Waals surface area (Å²) in [5, 5.41) is 0.943. The predicted octanol–water partition coefficient (Wildman–Crippen LogP) is 2.81. The number of para-hydroxylation sites is 1. The summed E-state index contributed by atoms with van der Waals surface area (Å²) >= 11 is 1.96. The van der Waals surface area contributed by atoms with E-state index in [-0.39, 0.29) is 17.7 Å². The van der Waals surface area contributed by atoms with E-state index in [1.807, 2.05) is 36.0 Å². The molecule has 2 bridgehead atoms. The molecule has 5 rings (SSSR count). The van der Waals surface area contributed by atoms with Crippen molar-refractivity contribution in [3.63, 3.8) is 0 Å². The maximum atomic E-state index is 13.5. The molecule has 1 aliphatic carbocycles. The molecule has 140 valence electrons. The number of carbonyl (C=O) groups is 3. The van der Waals surface area contributed by atoms with Crippen molar-refractivity contribution < 1.29 is 19.1 Å². The fraction of sp³-hybridized carbons (Fsp3) is 0.476. The Morgan fingerprint density at radius 3 is 2.56 bits per heavy atom. The summed E-state index contributed by atoms with van der Waals surface area (Å²) < 4.78 is 5.00. The predicted molar refractivity (Wildman–Crippen MR) is 102 cm³/mol. The molecule has 6 atom stereocenters. The fourth-order valence-corrected chi connectivity index (χ4v) is 7.25. The zero-order valence-electron chi connectivity index (χ0n) is 15.0. The molecule has 3 heterocycles. The van der Waals surface area contributed by atoms with E-state index in [9.17, 15) is 14.4 Å². The summed E-state index contributed by atoms with van der Waals surface area (Å²) in [7, 11) is 1.35. The van der Waals surface area contributed by atoms with E-state index in [1.165, 1.54) is 17.6 Å². The molecule has 3 aliphatic heterocycles. The lowest BCUT2D eigenvalue weighted by Gasteiger charge is -2.41. The number of allylic oxidation sites excluding steroid dienone is 1. The van der Waals surface area contributed by atoms with E-state index >= 15 is 0 Å². The highest BCUT2D eigenvalue weighted by molar-refractivity contribution is 8.00. The summed E-state index contributed by atoms with van der Waals surface area (Å²) in [5.74, 6) is -2.57. The number of carbonyl (C=O) groups excluding carboxylic acids is 3. The zero-order chi connectivity index (χ0) is 18.7. The quantitative estimate of drug-likeness (QED) is 0.446. The van der Waals surface area contributed by atoms with Crippen LogP contribution in [-0.2, 0) is 19.1 Å². The van der Waals surface area contributed by atoms with Gasteiger partial charge in [0, 0.05) is 16.4 Å². The summed E-state index contributed by atoms with van der Waals surface area (Å²) in [6, 6.07) is 9.04. The molecular weight excluding hydrogens is 362 g/mol. The molecule has 0 unspecified atom stereocenters. The van der Waals surface area contributed by atoms with Crippen LogP contribution in [0.15, 0.2) is 42.0 Å². The number of amides is 2. The number of ether oxygens (including phenoxy) is 1. The number of nitrogens with zero attached hydrogens (tertiary/aromatic N) is 1. The first-order valence-corrected chi connectivity index (χ1v) is 10.4. The first-order chi connectivity index (χ1) is 13.1. The van der Waals surface area contributed by atoms with Crippen molar-refractivity contribution in [3.8, 4) is 0 Å². The van der Waals surface area contributed by atoms with E-state index in [0.717, 1.165) is 19.3 Å². The average Bonchev–Trinajstić information content (AvgIpc) is 3.19. The normalized spacial score (nSPS) is 36.9. The lowest BCUT2D eigenvalue weighted by Crippen LogP contribution is -2.44. The van der Waals surface area contributed by atoms with Gasteiger partial charge in [-0.1, -0.05) is 29.8 Å². The Labute approximate surface area is 162 Å². The second-order valence-corrected chi connectivity index (χ2v) is 9.34. The maximum absolute atomic E-state index is 13.5. The molecule has 0 N–H and O–H groups in total. The van der Waals surface area contributed by atoms with Crippen molar-refractivity contribution >= 4 is 35.2 Å². The van der Waals surface area contributed by atoms with Crippen molar-refractivity contribution in [3.05, 3.63) is 42.0 Å². The number of hydrogen-bond donors (Lipinski definition) is 0. The van der Waals surface area contributed by atoms with Gasteiger partial charge >= 0.3 is 5.97 Å². The second-order valence-electron chi connectivity index (χ2n) is 7.79. The first-order valence-electron chi connectivity index (χ1n) is 9.47. The Morgan fingerprint density at radius 1 is 1.07 bits per heavy atom. The first kappa shape index (κ1) is 17.0. The molecule has 5 nitrogen and oxygen atoms in total. The standard InChI is InChI=1S/C21H21NO4S/c1-26-21(25)14-10-11-9-13-7-8-15(27-13)16(11)18-17(14)19(23)22(20(18)24)12-5-3-2-4-6-12/h2-6,10,13-18H,7-9H2,1H3/t13-,14-,15+,16-,17+,18-/m1/s1. The molecular formula is C21H21NO4S.